The number of benzene rings is 3. The van der Waals surface area contributed by atoms with Crippen LogP contribution in [0.15, 0.2) is 71.8 Å². The van der Waals surface area contributed by atoms with Crippen LogP contribution < -0.4 is 25.6 Å². The number of carboxylic acids is 1. The van der Waals surface area contributed by atoms with E-state index in [0.29, 0.717) is 64.0 Å². The molecular weight excluding hydrogens is 805 g/mol. The van der Waals surface area contributed by atoms with Crippen LogP contribution in [0.25, 0.3) is 10.8 Å². The Balaban J connectivity index is 1.36. The molecule has 328 valence electrons. The number of hydrogen-bond donors (Lipinski definition) is 4. The second kappa shape index (κ2) is 18.4. The Labute approximate surface area is 356 Å². The van der Waals surface area contributed by atoms with Crippen LogP contribution in [-0.2, 0) is 30.7 Å². The Hall–Kier alpha value is -5.94. The molecule has 17 heteroatoms. The zero-order valence-corrected chi connectivity index (χ0v) is 37.1. The van der Waals surface area contributed by atoms with E-state index in [1.165, 1.54) is 18.2 Å². The van der Waals surface area contributed by atoms with Crippen LogP contribution in [0.4, 0.5) is 31.6 Å². The van der Waals surface area contributed by atoms with E-state index < -0.39 is 51.3 Å². The summed E-state index contributed by atoms with van der Waals surface area (Å²) in [4.78, 5) is 59.9. The maximum Gasteiger partial charge on any atom is 0.425 e. The van der Waals surface area contributed by atoms with Crippen molar-refractivity contribution in [3.05, 3.63) is 83.6 Å². The van der Waals surface area contributed by atoms with E-state index in [1.54, 1.807) is 116 Å². The lowest BCUT2D eigenvalue weighted by molar-refractivity contribution is -0.138. The molecule has 1 fully saturated rings. The number of carbonyl (C=O) groups excluding carboxylic acids is 3. The van der Waals surface area contributed by atoms with Crippen LogP contribution >= 0.6 is 0 Å². The molecule has 0 radical (unpaired) electrons. The van der Waals surface area contributed by atoms with Gasteiger partial charge in [0.05, 0.1) is 17.3 Å². The number of likely N-dealkylation sites (N-methyl/N-ethyl adjacent to an activating group) is 1. The van der Waals surface area contributed by atoms with Gasteiger partial charge < -0.3 is 40.2 Å². The number of sulfone groups is 1. The van der Waals surface area contributed by atoms with Gasteiger partial charge >= 0.3 is 24.2 Å². The standard InChI is InChI=1S/C44H56N6O10S/c1-26(25-49(9)40(53)48-31-13-18-36(29(22-31)24-45-8)61(56,57)32-14-15-32)34-23-28(11-17-35(34)58-10)37(39(51)52)47-30-12-16-33-27(21-30)19-20-46-38(33)50(41(54)59-43(2,3)4)42(55)60-44(5,6)7/h11-13,16-23,26,32,37,45,47H,14-15,24-25H2,1-10H3,(H,48,53)(H,51,52). The molecule has 1 aliphatic carbocycles. The predicted octanol–water partition coefficient (Wildman–Crippen LogP) is 8.08. The maximum atomic E-state index is 13.4. The second-order valence-corrected chi connectivity index (χ2v) is 19.3. The number of methoxy groups -OCH3 is 1. The summed E-state index contributed by atoms with van der Waals surface area (Å²) < 4.78 is 42.8. The number of anilines is 3. The van der Waals surface area contributed by atoms with Crippen molar-refractivity contribution in [2.75, 3.05) is 43.3 Å². The molecule has 3 aromatic carbocycles. The number of aromatic nitrogens is 1. The topological polar surface area (TPSA) is 206 Å². The molecule has 1 saturated carbocycles. The molecule has 0 saturated heterocycles. The molecule has 0 bridgehead atoms. The summed E-state index contributed by atoms with van der Waals surface area (Å²) in [5, 5.41) is 20.0. The van der Waals surface area contributed by atoms with Gasteiger partial charge in [-0.2, -0.15) is 4.90 Å². The normalized spacial score (nSPS) is 14.1. The molecule has 0 aliphatic heterocycles. The van der Waals surface area contributed by atoms with Crippen molar-refractivity contribution < 1.29 is 46.9 Å². The van der Waals surface area contributed by atoms with Crippen molar-refractivity contribution in [3.8, 4) is 5.75 Å². The average Bonchev–Trinajstić information content (AvgIpc) is 4.02. The van der Waals surface area contributed by atoms with E-state index >= 15 is 0 Å². The highest BCUT2D eigenvalue weighted by atomic mass is 32.2. The van der Waals surface area contributed by atoms with Gasteiger partial charge in [-0.25, -0.2) is 32.6 Å². The van der Waals surface area contributed by atoms with Gasteiger partial charge in [0.1, 0.15) is 17.0 Å². The number of pyridine rings is 1. The molecule has 4 aromatic rings. The summed E-state index contributed by atoms with van der Waals surface area (Å²) in [6.07, 6.45) is 0.764. The number of aliphatic carboxylic acids is 1. The molecule has 4 N–H and O–H groups in total. The minimum atomic E-state index is -3.44. The molecular formula is C44H56N6O10S. The fourth-order valence-electron chi connectivity index (χ4n) is 6.70. The van der Waals surface area contributed by atoms with Gasteiger partial charge in [0.25, 0.3) is 0 Å². The molecule has 5 rings (SSSR count). The van der Waals surface area contributed by atoms with Gasteiger partial charge in [-0.1, -0.05) is 13.0 Å². The van der Waals surface area contributed by atoms with Crippen LogP contribution in [0.3, 0.4) is 0 Å². The third-order valence-electron chi connectivity index (χ3n) is 9.63. The van der Waals surface area contributed by atoms with Crippen molar-refractivity contribution in [1.82, 2.24) is 15.2 Å². The molecule has 4 amide bonds. The van der Waals surface area contributed by atoms with E-state index in [2.05, 4.69) is 20.9 Å². The SMILES string of the molecule is CNCc1cc(NC(=O)N(C)CC(C)c2cc(C(Nc3ccc4c(N(C(=O)OC(C)(C)C)C(=O)OC(C)(C)C)nccc4c3)C(=O)O)ccc2OC)ccc1S(=O)(=O)C1CC1. The summed E-state index contributed by atoms with van der Waals surface area (Å²) >= 11 is 0. The summed E-state index contributed by atoms with van der Waals surface area (Å²) in [6.45, 7) is 12.5. The van der Waals surface area contributed by atoms with E-state index in [-0.39, 0.29) is 28.4 Å². The van der Waals surface area contributed by atoms with Crippen molar-refractivity contribution in [2.24, 2.45) is 0 Å². The zero-order chi connectivity index (χ0) is 45.0. The monoisotopic (exact) mass is 860 g/mol. The minimum Gasteiger partial charge on any atom is -0.496 e. The van der Waals surface area contributed by atoms with Gasteiger partial charge in [-0.05, 0) is 138 Å². The first-order valence-electron chi connectivity index (χ1n) is 19.9. The number of amides is 4. The van der Waals surface area contributed by atoms with Crippen LogP contribution in [0.5, 0.6) is 5.75 Å². The van der Waals surface area contributed by atoms with Crippen LogP contribution in [0.1, 0.15) is 90.0 Å². The van der Waals surface area contributed by atoms with Crippen molar-refractivity contribution in [2.45, 2.75) is 101 Å². The smallest absolute Gasteiger partial charge is 0.425 e. The quantitative estimate of drug-likeness (QED) is 0.0948. The largest absolute Gasteiger partial charge is 0.496 e. The summed E-state index contributed by atoms with van der Waals surface area (Å²) in [7, 11) is 1.42. The first-order chi connectivity index (χ1) is 28.5. The lowest BCUT2D eigenvalue weighted by Gasteiger charge is -2.28. The van der Waals surface area contributed by atoms with Gasteiger partial charge in [-0.15, -0.1) is 0 Å². The van der Waals surface area contributed by atoms with Gasteiger partial charge in [0.2, 0.25) is 0 Å². The number of urea groups is 1. The number of carbonyl (C=O) groups is 4. The molecule has 61 heavy (non-hydrogen) atoms. The second-order valence-electron chi connectivity index (χ2n) is 17.1. The number of nitrogens with zero attached hydrogens (tertiary/aromatic N) is 3. The molecule has 2 atom stereocenters. The van der Waals surface area contributed by atoms with Crippen LogP contribution in [0, 0.1) is 0 Å². The zero-order valence-electron chi connectivity index (χ0n) is 36.3. The first-order valence-corrected chi connectivity index (χ1v) is 21.4. The molecule has 1 heterocycles. The highest BCUT2D eigenvalue weighted by Gasteiger charge is 2.38. The number of hydrogen-bond acceptors (Lipinski definition) is 12. The van der Waals surface area contributed by atoms with Crippen molar-refractivity contribution >= 4 is 62.0 Å². The number of fused-ring (bicyclic) bond motifs is 1. The summed E-state index contributed by atoms with van der Waals surface area (Å²) in [5.41, 5.74) is 0.668. The van der Waals surface area contributed by atoms with E-state index in [1.807, 2.05) is 6.92 Å². The van der Waals surface area contributed by atoms with Crippen LogP contribution in [-0.4, -0.2) is 91.8 Å². The van der Waals surface area contributed by atoms with Gasteiger partial charge in [0.15, 0.2) is 21.7 Å². The summed E-state index contributed by atoms with van der Waals surface area (Å²) in [5.74, 6) is -1.00. The minimum absolute atomic E-state index is 0.0226. The molecule has 1 aromatic heterocycles. The first kappa shape index (κ1) is 46.1. The Kier molecular flexibility index (Phi) is 13.9. The number of nitrogens with one attached hydrogen (secondary N) is 3. The Morgan fingerprint density at radius 1 is 0.902 bits per heavy atom. The molecule has 0 spiro atoms. The highest BCUT2D eigenvalue weighted by Crippen LogP contribution is 2.37. The predicted molar refractivity (Wildman–Crippen MR) is 233 cm³/mol. The number of ether oxygens (including phenoxy) is 3. The Morgan fingerprint density at radius 2 is 1.54 bits per heavy atom. The average molecular weight is 861 g/mol. The Bertz CT molecular complexity index is 2380. The van der Waals surface area contributed by atoms with Crippen molar-refractivity contribution in [1.29, 1.82) is 0 Å². The fraction of sp³-hybridized carbons (Fsp3) is 0.432. The maximum absolute atomic E-state index is 13.4. The van der Waals surface area contributed by atoms with Gasteiger partial charge in [0, 0.05) is 49.0 Å². The summed E-state index contributed by atoms with van der Waals surface area (Å²) in [6, 6.07) is 14.8. The third kappa shape index (κ3) is 11.5. The van der Waals surface area contributed by atoms with Crippen LogP contribution in [0.2, 0.25) is 0 Å². The highest BCUT2D eigenvalue weighted by molar-refractivity contribution is 7.92. The number of rotatable bonds is 14. The van der Waals surface area contributed by atoms with E-state index in [9.17, 15) is 32.7 Å². The van der Waals surface area contributed by atoms with E-state index in [4.69, 9.17) is 14.2 Å². The fourth-order valence-corrected chi connectivity index (χ4v) is 8.57. The van der Waals surface area contributed by atoms with E-state index in [0.717, 1.165) is 4.90 Å². The number of carboxylic acid groups (broad SMARTS) is 1. The molecule has 16 nitrogen and oxygen atoms in total. The van der Waals surface area contributed by atoms with Crippen molar-refractivity contribution in [3.63, 3.8) is 0 Å². The van der Waals surface area contributed by atoms with Gasteiger partial charge in [-0.3, -0.25) is 0 Å². The lowest BCUT2D eigenvalue weighted by Crippen LogP contribution is -2.44. The Morgan fingerprint density at radius 3 is 2.11 bits per heavy atom. The molecule has 2 unspecified atom stereocenters. The third-order valence-corrected chi connectivity index (χ3v) is 12.0. The molecule has 1 aliphatic rings. The number of imide groups is 1. The lowest BCUT2D eigenvalue weighted by atomic mass is 9.94.